The summed E-state index contributed by atoms with van der Waals surface area (Å²) < 4.78 is 5.68. The summed E-state index contributed by atoms with van der Waals surface area (Å²) >= 11 is 6.16. The summed E-state index contributed by atoms with van der Waals surface area (Å²) in [6.07, 6.45) is 6.09. The second-order valence-corrected chi connectivity index (χ2v) is 6.15. The van der Waals surface area contributed by atoms with E-state index in [1.165, 1.54) is 0 Å². The molecule has 102 valence electrons. The number of fused-ring (bicyclic) bond motifs is 1. The van der Waals surface area contributed by atoms with Gasteiger partial charge in [-0.2, -0.15) is 0 Å². The Kier molecular flexibility index (Phi) is 3.30. The van der Waals surface area contributed by atoms with E-state index >= 15 is 0 Å². The first-order valence-electron chi connectivity index (χ1n) is 7.16. The third kappa shape index (κ3) is 2.06. The van der Waals surface area contributed by atoms with Gasteiger partial charge in [-0.3, -0.25) is 4.79 Å². The molecule has 0 spiro atoms. The fourth-order valence-corrected chi connectivity index (χ4v) is 3.76. The van der Waals surface area contributed by atoms with E-state index in [1.54, 1.807) is 6.07 Å². The first-order valence-corrected chi connectivity index (χ1v) is 7.54. The number of benzene rings is 1. The monoisotopic (exact) mass is 278 g/mol. The number of Topliss-reactive ketones (excluding diaryl/α,β-unsaturated/α-hetero) is 1. The van der Waals surface area contributed by atoms with Crippen LogP contribution in [0.3, 0.4) is 0 Å². The van der Waals surface area contributed by atoms with Gasteiger partial charge in [0.05, 0.1) is 12.2 Å². The van der Waals surface area contributed by atoms with E-state index in [9.17, 15) is 4.79 Å². The maximum Gasteiger partial charge on any atom is 0.172 e. The Hall–Kier alpha value is -1.02. The third-order valence-corrected chi connectivity index (χ3v) is 4.93. The molecule has 1 saturated carbocycles. The number of hydrogen-bond acceptors (Lipinski definition) is 2. The van der Waals surface area contributed by atoms with Crippen LogP contribution in [0, 0.1) is 5.41 Å². The number of ether oxygens (including phenoxy) is 1. The van der Waals surface area contributed by atoms with Crippen molar-refractivity contribution in [1.29, 1.82) is 0 Å². The largest absolute Gasteiger partial charge is 0.492 e. The van der Waals surface area contributed by atoms with E-state index < -0.39 is 0 Å². The summed E-state index contributed by atoms with van der Waals surface area (Å²) in [4.78, 5) is 13.0. The van der Waals surface area contributed by atoms with Crippen molar-refractivity contribution in [3.05, 3.63) is 28.3 Å². The molecule has 0 unspecified atom stereocenters. The Labute approximate surface area is 119 Å². The maximum atomic E-state index is 13.0. The molecule has 1 aromatic carbocycles. The Morgan fingerprint density at radius 2 is 2.11 bits per heavy atom. The van der Waals surface area contributed by atoms with Crippen LogP contribution in [0.2, 0.25) is 5.02 Å². The summed E-state index contributed by atoms with van der Waals surface area (Å²) in [7, 11) is 0. The molecule has 1 fully saturated rings. The molecule has 2 aliphatic rings. The van der Waals surface area contributed by atoms with Gasteiger partial charge in [0.15, 0.2) is 5.78 Å². The van der Waals surface area contributed by atoms with Gasteiger partial charge in [0.1, 0.15) is 5.75 Å². The number of carbonyl (C=O) groups excluding carboxylic acids is 1. The van der Waals surface area contributed by atoms with Crippen LogP contribution in [0.25, 0.3) is 0 Å². The van der Waals surface area contributed by atoms with E-state index in [4.69, 9.17) is 16.3 Å². The minimum Gasteiger partial charge on any atom is -0.492 e. The topological polar surface area (TPSA) is 26.3 Å². The van der Waals surface area contributed by atoms with Crippen LogP contribution in [0.5, 0.6) is 5.75 Å². The summed E-state index contributed by atoms with van der Waals surface area (Å²) in [5.74, 6) is 1.03. The van der Waals surface area contributed by atoms with E-state index in [0.717, 1.165) is 49.8 Å². The van der Waals surface area contributed by atoms with Crippen molar-refractivity contribution in [3.63, 3.8) is 0 Å². The molecule has 2 nitrogen and oxygen atoms in total. The van der Waals surface area contributed by atoms with E-state index in [-0.39, 0.29) is 11.2 Å². The lowest BCUT2D eigenvalue weighted by molar-refractivity contribution is 0.0788. The lowest BCUT2D eigenvalue weighted by atomic mass is 9.76. The molecule has 0 bridgehead atoms. The normalized spacial score (nSPS) is 20.1. The first-order chi connectivity index (χ1) is 9.16. The highest BCUT2D eigenvalue weighted by atomic mass is 35.5. The van der Waals surface area contributed by atoms with Crippen molar-refractivity contribution in [1.82, 2.24) is 0 Å². The molecule has 1 aliphatic carbocycles. The maximum absolute atomic E-state index is 13.0. The highest BCUT2D eigenvalue weighted by Gasteiger charge is 2.41. The number of hydrogen-bond donors (Lipinski definition) is 0. The van der Waals surface area contributed by atoms with E-state index in [1.807, 2.05) is 6.07 Å². The van der Waals surface area contributed by atoms with Crippen molar-refractivity contribution in [3.8, 4) is 5.75 Å². The average molecular weight is 279 g/mol. The Bertz CT molecular complexity index is 516. The zero-order valence-electron chi connectivity index (χ0n) is 11.3. The third-order valence-electron chi connectivity index (χ3n) is 4.71. The summed E-state index contributed by atoms with van der Waals surface area (Å²) in [6.45, 7) is 2.78. The predicted octanol–water partition coefficient (Wildman–Crippen LogP) is 4.43. The van der Waals surface area contributed by atoms with Gasteiger partial charge in [0, 0.05) is 16.9 Å². The SMILES string of the molecule is CCC1(C(=O)c2cc(Cl)cc3c2OCC3)CCCC1. The minimum atomic E-state index is -0.176. The Morgan fingerprint density at radius 1 is 1.37 bits per heavy atom. The number of carbonyl (C=O) groups is 1. The predicted molar refractivity (Wildman–Crippen MR) is 76.2 cm³/mol. The van der Waals surface area contributed by atoms with Crippen LogP contribution < -0.4 is 4.74 Å². The van der Waals surface area contributed by atoms with Crippen molar-refractivity contribution in [2.24, 2.45) is 5.41 Å². The van der Waals surface area contributed by atoms with Gasteiger partial charge in [-0.05, 0) is 37.0 Å². The van der Waals surface area contributed by atoms with Gasteiger partial charge < -0.3 is 4.74 Å². The quantitative estimate of drug-likeness (QED) is 0.765. The first kappa shape index (κ1) is 13.0. The molecular formula is C16H19ClO2. The summed E-state index contributed by atoms with van der Waals surface area (Å²) in [5.41, 5.74) is 1.62. The van der Waals surface area contributed by atoms with Crippen LogP contribution in [0.1, 0.15) is 54.9 Å². The van der Waals surface area contributed by atoms with Crippen molar-refractivity contribution in [2.75, 3.05) is 6.61 Å². The van der Waals surface area contributed by atoms with Gasteiger partial charge >= 0.3 is 0 Å². The molecule has 3 rings (SSSR count). The molecule has 0 amide bonds. The van der Waals surface area contributed by atoms with Crippen molar-refractivity contribution in [2.45, 2.75) is 45.4 Å². The second-order valence-electron chi connectivity index (χ2n) is 5.71. The van der Waals surface area contributed by atoms with Gasteiger partial charge in [-0.1, -0.05) is 31.4 Å². The molecule has 0 N–H and O–H groups in total. The van der Waals surface area contributed by atoms with Crippen LogP contribution in [0.4, 0.5) is 0 Å². The van der Waals surface area contributed by atoms with Gasteiger partial charge in [0.25, 0.3) is 0 Å². The molecule has 1 aromatic rings. The fourth-order valence-electron chi connectivity index (χ4n) is 3.52. The number of halogens is 1. The smallest absolute Gasteiger partial charge is 0.172 e. The van der Waals surface area contributed by atoms with E-state index in [0.29, 0.717) is 17.2 Å². The van der Waals surface area contributed by atoms with Crippen molar-refractivity contribution < 1.29 is 9.53 Å². The highest BCUT2D eigenvalue weighted by molar-refractivity contribution is 6.31. The molecule has 1 heterocycles. The molecule has 0 saturated heterocycles. The summed E-state index contributed by atoms with van der Waals surface area (Å²) in [5, 5.41) is 0.650. The van der Waals surface area contributed by atoms with Crippen LogP contribution in [-0.2, 0) is 6.42 Å². The van der Waals surface area contributed by atoms with Crippen LogP contribution >= 0.6 is 11.6 Å². The standard InChI is InChI=1S/C16H19ClO2/c1-2-16(6-3-4-7-16)15(18)13-10-12(17)9-11-5-8-19-14(11)13/h9-10H,2-8H2,1H3. The summed E-state index contributed by atoms with van der Waals surface area (Å²) in [6, 6.07) is 3.72. The van der Waals surface area contributed by atoms with E-state index in [2.05, 4.69) is 6.92 Å². The molecule has 0 atom stereocenters. The lowest BCUT2D eigenvalue weighted by Gasteiger charge is -2.26. The number of rotatable bonds is 3. The second kappa shape index (κ2) is 4.82. The molecule has 0 radical (unpaired) electrons. The Morgan fingerprint density at radius 3 is 2.79 bits per heavy atom. The average Bonchev–Trinajstić information content (AvgIpc) is 3.05. The van der Waals surface area contributed by atoms with Gasteiger partial charge in [-0.15, -0.1) is 0 Å². The Balaban J connectivity index is 2.05. The molecule has 3 heteroatoms. The number of ketones is 1. The zero-order chi connectivity index (χ0) is 13.5. The van der Waals surface area contributed by atoms with Crippen molar-refractivity contribution >= 4 is 17.4 Å². The minimum absolute atomic E-state index is 0.176. The molecule has 1 aliphatic heterocycles. The van der Waals surface area contributed by atoms with Gasteiger partial charge in [0.2, 0.25) is 0 Å². The van der Waals surface area contributed by atoms with Crippen LogP contribution in [0.15, 0.2) is 12.1 Å². The highest BCUT2D eigenvalue weighted by Crippen LogP contribution is 2.46. The van der Waals surface area contributed by atoms with Crippen LogP contribution in [-0.4, -0.2) is 12.4 Å². The zero-order valence-corrected chi connectivity index (χ0v) is 12.1. The van der Waals surface area contributed by atoms with Gasteiger partial charge in [-0.25, -0.2) is 0 Å². The molecule has 19 heavy (non-hydrogen) atoms. The molecule has 0 aromatic heterocycles. The fraction of sp³-hybridized carbons (Fsp3) is 0.562. The lowest BCUT2D eigenvalue weighted by Crippen LogP contribution is -2.27. The molecular weight excluding hydrogens is 260 g/mol.